The lowest BCUT2D eigenvalue weighted by Gasteiger charge is -2.31. The molecule has 2 aromatic heterocycles. The number of benzene rings is 2. The van der Waals surface area contributed by atoms with Crippen LogP contribution in [0.2, 0.25) is 5.02 Å². The van der Waals surface area contributed by atoms with E-state index in [0.29, 0.717) is 42.4 Å². The number of nitrogens with zero attached hydrogens (tertiary/aromatic N) is 3. The summed E-state index contributed by atoms with van der Waals surface area (Å²) >= 11 is 7.81. The first-order chi connectivity index (χ1) is 16.5. The molecule has 1 N–H and O–H groups in total. The number of aromatic nitrogens is 2. The van der Waals surface area contributed by atoms with Crippen molar-refractivity contribution >= 4 is 50.7 Å². The highest BCUT2D eigenvalue weighted by molar-refractivity contribution is 7.20. The number of hydrogen-bond donors (Lipinski definition) is 1. The Balaban J connectivity index is 1.26. The van der Waals surface area contributed by atoms with Crippen molar-refractivity contribution in [3.8, 4) is 0 Å². The molecule has 0 bridgehead atoms. The molecule has 1 fully saturated rings. The fourth-order valence-electron chi connectivity index (χ4n) is 4.38. The number of rotatable bonds is 5. The van der Waals surface area contributed by atoms with E-state index in [1.165, 1.54) is 11.3 Å². The van der Waals surface area contributed by atoms with Gasteiger partial charge in [0.1, 0.15) is 4.83 Å². The van der Waals surface area contributed by atoms with Crippen LogP contribution in [-0.4, -0.2) is 39.6 Å². The van der Waals surface area contributed by atoms with Crippen molar-refractivity contribution in [1.82, 2.24) is 14.7 Å². The molecule has 34 heavy (non-hydrogen) atoms. The van der Waals surface area contributed by atoms with Crippen molar-refractivity contribution < 1.29 is 9.59 Å². The Bertz CT molecular complexity index is 1340. The SMILES string of the molecule is Cc1nn(Cc2ccccc2Cl)c2sc(C(=O)N3CCC(C(=O)Nc4ccccc4)CC3)cc12. The number of thiophene rings is 1. The number of aryl methyl sites for hydroxylation is 1. The molecular formula is C26H25ClN4O2S. The average molecular weight is 493 g/mol. The zero-order valence-corrected chi connectivity index (χ0v) is 20.4. The summed E-state index contributed by atoms with van der Waals surface area (Å²) in [5.74, 6) is -0.0413. The molecule has 3 heterocycles. The number of anilines is 1. The van der Waals surface area contributed by atoms with Crippen LogP contribution in [0.15, 0.2) is 60.7 Å². The van der Waals surface area contributed by atoms with E-state index < -0.39 is 0 Å². The van der Waals surface area contributed by atoms with Gasteiger partial charge in [-0.05, 0) is 49.6 Å². The Morgan fingerprint density at radius 2 is 1.79 bits per heavy atom. The monoisotopic (exact) mass is 492 g/mol. The molecule has 0 spiro atoms. The van der Waals surface area contributed by atoms with Gasteiger partial charge < -0.3 is 10.2 Å². The van der Waals surface area contributed by atoms with Crippen molar-refractivity contribution in [3.05, 3.63) is 81.8 Å². The Morgan fingerprint density at radius 3 is 2.53 bits per heavy atom. The lowest BCUT2D eigenvalue weighted by atomic mass is 9.95. The van der Waals surface area contributed by atoms with Crippen LogP contribution in [0.4, 0.5) is 5.69 Å². The average Bonchev–Trinajstić information content (AvgIpc) is 3.42. The van der Waals surface area contributed by atoms with Gasteiger partial charge in [-0.2, -0.15) is 5.10 Å². The van der Waals surface area contributed by atoms with E-state index in [0.717, 1.165) is 27.2 Å². The van der Waals surface area contributed by atoms with Crippen LogP contribution in [0, 0.1) is 12.8 Å². The summed E-state index contributed by atoms with van der Waals surface area (Å²) in [6.07, 6.45) is 1.32. The quantitative estimate of drug-likeness (QED) is 0.394. The standard InChI is InChI=1S/C26H25ClN4O2S/c1-17-21-15-23(34-26(21)31(29-17)16-19-7-5-6-10-22(19)27)25(33)30-13-11-18(12-14-30)24(32)28-20-8-3-2-4-9-20/h2-10,15,18H,11-14,16H2,1H3,(H,28,32). The van der Waals surface area contributed by atoms with E-state index in [2.05, 4.69) is 10.4 Å². The normalized spacial score (nSPS) is 14.5. The number of carbonyl (C=O) groups excluding carboxylic acids is 2. The number of fused-ring (bicyclic) bond motifs is 1. The second kappa shape index (κ2) is 9.60. The van der Waals surface area contributed by atoms with Crippen molar-refractivity contribution in [2.24, 2.45) is 5.92 Å². The number of likely N-dealkylation sites (tertiary alicyclic amines) is 1. The van der Waals surface area contributed by atoms with E-state index in [4.69, 9.17) is 11.6 Å². The first-order valence-electron chi connectivity index (χ1n) is 11.3. The molecule has 2 aromatic carbocycles. The van der Waals surface area contributed by atoms with Gasteiger partial charge >= 0.3 is 0 Å². The molecular weight excluding hydrogens is 468 g/mol. The smallest absolute Gasteiger partial charge is 0.264 e. The zero-order valence-electron chi connectivity index (χ0n) is 18.8. The number of amides is 2. The Hall–Kier alpha value is -3.16. The maximum Gasteiger partial charge on any atom is 0.264 e. The maximum absolute atomic E-state index is 13.3. The van der Waals surface area contributed by atoms with E-state index in [1.807, 2.05) is 77.2 Å². The van der Waals surface area contributed by atoms with Crippen molar-refractivity contribution in [1.29, 1.82) is 0 Å². The van der Waals surface area contributed by atoms with Gasteiger partial charge in [0.2, 0.25) is 5.91 Å². The molecule has 1 aliphatic rings. The van der Waals surface area contributed by atoms with E-state index >= 15 is 0 Å². The van der Waals surface area contributed by atoms with Crippen LogP contribution < -0.4 is 5.32 Å². The molecule has 0 unspecified atom stereocenters. The maximum atomic E-state index is 13.3. The van der Waals surface area contributed by atoms with Gasteiger partial charge in [-0.1, -0.05) is 48.0 Å². The summed E-state index contributed by atoms with van der Waals surface area (Å²) in [6.45, 7) is 3.67. The summed E-state index contributed by atoms with van der Waals surface area (Å²) in [6, 6.07) is 19.2. The van der Waals surface area contributed by atoms with Crippen molar-refractivity contribution in [3.63, 3.8) is 0 Å². The van der Waals surface area contributed by atoms with Gasteiger partial charge in [-0.15, -0.1) is 11.3 Å². The van der Waals surface area contributed by atoms with Crippen molar-refractivity contribution in [2.75, 3.05) is 18.4 Å². The fourth-order valence-corrected chi connectivity index (χ4v) is 5.70. The van der Waals surface area contributed by atoms with E-state index in [9.17, 15) is 9.59 Å². The van der Waals surface area contributed by atoms with Crippen LogP contribution >= 0.6 is 22.9 Å². The molecule has 4 aromatic rings. The summed E-state index contributed by atoms with van der Waals surface area (Å²) in [4.78, 5) is 29.4. The number of piperidine rings is 1. The molecule has 0 atom stereocenters. The minimum absolute atomic E-state index is 0.0202. The van der Waals surface area contributed by atoms with Crippen molar-refractivity contribution in [2.45, 2.75) is 26.3 Å². The predicted molar refractivity (Wildman–Crippen MR) is 137 cm³/mol. The first-order valence-corrected chi connectivity index (χ1v) is 12.5. The fraction of sp³-hybridized carbons (Fsp3) is 0.269. The highest BCUT2D eigenvalue weighted by atomic mass is 35.5. The molecule has 8 heteroatoms. The minimum atomic E-state index is -0.0851. The van der Waals surface area contributed by atoms with E-state index in [-0.39, 0.29) is 17.7 Å². The third kappa shape index (κ3) is 4.58. The van der Waals surface area contributed by atoms with Gasteiger partial charge in [0.25, 0.3) is 5.91 Å². The largest absolute Gasteiger partial charge is 0.338 e. The molecule has 0 aliphatic carbocycles. The van der Waals surface area contributed by atoms with Gasteiger partial charge in [0.05, 0.1) is 17.1 Å². The van der Waals surface area contributed by atoms with Gasteiger partial charge in [0, 0.05) is 35.1 Å². The van der Waals surface area contributed by atoms with Crippen LogP contribution in [0.3, 0.4) is 0 Å². The summed E-state index contributed by atoms with van der Waals surface area (Å²) in [7, 11) is 0. The topological polar surface area (TPSA) is 67.2 Å². The third-order valence-electron chi connectivity index (χ3n) is 6.29. The van der Waals surface area contributed by atoms with Gasteiger partial charge in [0.15, 0.2) is 0 Å². The van der Waals surface area contributed by atoms with Gasteiger partial charge in [-0.3, -0.25) is 14.3 Å². The van der Waals surface area contributed by atoms with Crippen LogP contribution in [0.25, 0.3) is 10.2 Å². The molecule has 2 amide bonds. The number of para-hydroxylation sites is 1. The third-order valence-corrected chi connectivity index (χ3v) is 7.80. The van der Waals surface area contributed by atoms with Gasteiger partial charge in [-0.25, -0.2) is 0 Å². The first kappa shape index (κ1) is 22.6. The predicted octanol–water partition coefficient (Wildman–Crippen LogP) is 5.60. The summed E-state index contributed by atoms with van der Waals surface area (Å²) in [5, 5.41) is 9.34. The van der Waals surface area contributed by atoms with Crippen LogP contribution in [0.1, 0.15) is 33.8 Å². The number of halogens is 1. The number of carbonyl (C=O) groups is 2. The Morgan fingerprint density at radius 1 is 1.09 bits per heavy atom. The molecule has 1 saturated heterocycles. The molecule has 0 radical (unpaired) electrons. The van der Waals surface area contributed by atoms with E-state index in [1.54, 1.807) is 0 Å². The van der Waals surface area contributed by atoms with Crippen LogP contribution in [-0.2, 0) is 11.3 Å². The highest BCUT2D eigenvalue weighted by Crippen LogP contribution is 2.31. The number of hydrogen-bond acceptors (Lipinski definition) is 4. The molecule has 5 rings (SSSR count). The lowest BCUT2D eigenvalue weighted by Crippen LogP contribution is -2.41. The Kier molecular flexibility index (Phi) is 6.39. The molecule has 0 saturated carbocycles. The Labute approximate surface area is 207 Å². The number of nitrogens with one attached hydrogen (secondary N) is 1. The molecule has 6 nitrogen and oxygen atoms in total. The molecule has 1 aliphatic heterocycles. The molecule has 174 valence electrons. The second-order valence-electron chi connectivity index (χ2n) is 8.59. The highest BCUT2D eigenvalue weighted by Gasteiger charge is 2.29. The lowest BCUT2D eigenvalue weighted by molar-refractivity contribution is -0.121. The summed E-state index contributed by atoms with van der Waals surface area (Å²) in [5.41, 5.74) is 2.69. The zero-order chi connectivity index (χ0) is 23.7. The summed E-state index contributed by atoms with van der Waals surface area (Å²) < 4.78 is 1.92. The van der Waals surface area contributed by atoms with Crippen LogP contribution in [0.5, 0.6) is 0 Å². The minimum Gasteiger partial charge on any atom is -0.338 e. The second-order valence-corrected chi connectivity index (χ2v) is 10.0.